The summed E-state index contributed by atoms with van der Waals surface area (Å²) in [6.07, 6.45) is 23.1. The molecule has 0 radical (unpaired) electrons. The predicted octanol–water partition coefficient (Wildman–Crippen LogP) is 14.8. The molecule has 1 aliphatic carbocycles. The number of halogens is 4. The van der Waals surface area contributed by atoms with Crippen molar-refractivity contribution in [2.75, 3.05) is 97.8 Å². The van der Waals surface area contributed by atoms with Crippen molar-refractivity contribution < 1.29 is 66.8 Å². The number of aromatic amines is 3. The first-order chi connectivity index (χ1) is 71.2. The van der Waals surface area contributed by atoms with Crippen molar-refractivity contribution in [2.24, 2.45) is 11.8 Å². The monoisotopic (exact) mass is 2110 g/mol. The molecular weight excluding hydrogens is 1990 g/mol. The molecule has 0 atom stereocenters. The highest BCUT2D eigenvalue weighted by molar-refractivity contribution is 6.44. The van der Waals surface area contributed by atoms with E-state index in [1.54, 1.807) is 109 Å². The molecule has 0 spiro atoms. The molecule has 12 aromatic rings. The molecular formula is C104H117Cl4N27O14. The third kappa shape index (κ3) is 24.0. The summed E-state index contributed by atoms with van der Waals surface area (Å²) in [5, 5.41) is 0.289. The molecule has 17 rings (SSSR count). The van der Waals surface area contributed by atoms with E-state index in [2.05, 4.69) is 84.7 Å². The van der Waals surface area contributed by atoms with Crippen molar-refractivity contribution in [1.29, 1.82) is 0 Å². The molecule has 16 heterocycles. The fourth-order valence-electron chi connectivity index (χ4n) is 18.3. The summed E-state index contributed by atoms with van der Waals surface area (Å²) in [5.41, 5.74) is 40.1. The van der Waals surface area contributed by atoms with Crippen LogP contribution >= 0.6 is 46.4 Å². The van der Waals surface area contributed by atoms with Crippen LogP contribution in [-0.4, -0.2) is 197 Å². The first kappa shape index (κ1) is 109. The second-order valence-electron chi connectivity index (χ2n) is 36.2. The Morgan fingerprint density at radius 3 is 1.17 bits per heavy atom. The molecule has 780 valence electrons. The lowest BCUT2D eigenvalue weighted by atomic mass is 9.99. The maximum absolute atomic E-state index is 13.8. The Hall–Kier alpha value is -15.5. The Morgan fingerprint density at radius 2 is 0.819 bits per heavy atom. The smallest absolute Gasteiger partial charge is 0.306 e. The van der Waals surface area contributed by atoms with Crippen LogP contribution in [0.2, 0.25) is 20.6 Å². The van der Waals surface area contributed by atoms with Gasteiger partial charge in [-0.25, -0.2) is 29.9 Å². The van der Waals surface area contributed by atoms with Gasteiger partial charge in [0.05, 0.1) is 147 Å². The molecule has 41 nitrogen and oxygen atoms in total. The largest absolute Gasteiger partial charge is 0.496 e. The quantitative estimate of drug-likeness (QED) is 0.0114. The fraction of sp³-hybridized carbons (Fsp3) is 0.365. The number of hydrogen-bond acceptors (Lipinski definition) is 32. The van der Waals surface area contributed by atoms with Crippen LogP contribution in [-0.2, 0) is 106 Å². The SMILES string of the molecule is CCN(CC)C(=O)CCc1ccc(/C=C2\C(=O)N(Cc3ncc(C)c(OC)c3C)c3nc(N)nc(Cl)c32)[nH]1.CCOC(=O)CCc1ccc(/C=C2\C(=O)N(Cc3ncc(C)c(OC)c3C)c3nc(N)nc(Cl)c32)[nH]1.COCn1cc(CC(=O)C(C)C)nc1/C=C1\C(=O)N(Cc2ncc(C)c(OC)c2C)c2nc(N)nc(Cl)c21.COc1c(C)cnc(CN2C(=O)/C(=C\c3ncc(CC(=O)C4CCCC4)[nH]3)c3c(Cl)nc(N)nc32)c1C. The zero-order chi connectivity index (χ0) is 108. The molecule has 0 aromatic carbocycles. The number of ketones is 2. The van der Waals surface area contributed by atoms with Gasteiger partial charge in [0, 0.05) is 155 Å². The second-order valence-corrected chi connectivity index (χ2v) is 37.6. The van der Waals surface area contributed by atoms with Crippen LogP contribution in [0, 0.1) is 67.2 Å². The van der Waals surface area contributed by atoms with Crippen LogP contribution in [0.25, 0.3) is 46.6 Å². The van der Waals surface area contributed by atoms with Crippen molar-refractivity contribution in [3.05, 3.63) is 217 Å². The van der Waals surface area contributed by atoms with Crippen LogP contribution in [0.3, 0.4) is 0 Å². The number of aromatic nitrogens is 18. The van der Waals surface area contributed by atoms with Gasteiger partial charge < -0.3 is 75.8 Å². The number of H-pyrrole nitrogens is 3. The number of nitrogens with one attached hydrogen (secondary N) is 3. The van der Waals surface area contributed by atoms with Crippen LogP contribution in [0.4, 0.5) is 47.1 Å². The second kappa shape index (κ2) is 47.6. The summed E-state index contributed by atoms with van der Waals surface area (Å²) in [6.45, 7) is 27.0. The van der Waals surface area contributed by atoms with Crippen LogP contribution in [0.15, 0.2) is 61.4 Å². The van der Waals surface area contributed by atoms with E-state index in [9.17, 15) is 38.4 Å². The van der Waals surface area contributed by atoms with E-state index in [4.69, 9.17) is 97.8 Å². The molecule has 11 N–H and O–H groups in total. The number of nitrogens with zero attached hydrogens (tertiary/aromatic N) is 20. The number of pyridine rings is 4. The van der Waals surface area contributed by atoms with Crippen LogP contribution < -0.4 is 61.5 Å². The highest BCUT2D eigenvalue weighted by Gasteiger charge is 2.44. The van der Waals surface area contributed by atoms with E-state index in [1.165, 1.54) is 19.6 Å². The number of esters is 1. The number of rotatable bonds is 33. The number of carbonyl (C=O) groups excluding carboxylic acids is 8. The lowest BCUT2D eigenvalue weighted by molar-refractivity contribution is -0.143. The minimum atomic E-state index is -0.366. The van der Waals surface area contributed by atoms with Crippen molar-refractivity contribution >= 4 is 187 Å². The van der Waals surface area contributed by atoms with Gasteiger partial charge in [-0.05, 0) is 150 Å². The lowest BCUT2D eigenvalue weighted by Crippen LogP contribution is -2.30. The first-order valence-corrected chi connectivity index (χ1v) is 49.6. The molecule has 45 heteroatoms. The molecule has 5 amide bonds. The fourth-order valence-corrected chi connectivity index (χ4v) is 19.4. The van der Waals surface area contributed by atoms with Crippen molar-refractivity contribution in [1.82, 2.24) is 94.2 Å². The van der Waals surface area contributed by atoms with Crippen LogP contribution in [0.1, 0.15) is 208 Å². The Labute approximate surface area is 879 Å². The van der Waals surface area contributed by atoms with E-state index in [0.29, 0.717) is 164 Å². The van der Waals surface area contributed by atoms with Gasteiger partial charge in [-0.15, -0.1) is 0 Å². The lowest BCUT2D eigenvalue weighted by Gasteiger charge is -2.19. The number of amides is 5. The van der Waals surface area contributed by atoms with Gasteiger partial charge in [0.1, 0.15) is 73.6 Å². The molecule has 0 saturated heterocycles. The Kier molecular flexibility index (Phi) is 34.9. The van der Waals surface area contributed by atoms with Crippen molar-refractivity contribution in [3.8, 4) is 23.0 Å². The van der Waals surface area contributed by atoms with Gasteiger partial charge in [0.25, 0.3) is 23.6 Å². The average Bonchev–Trinajstić information content (AvgIpc) is 1.59. The Bertz CT molecular complexity index is 7360. The first-order valence-electron chi connectivity index (χ1n) is 48.1. The number of imidazole rings is 2. The van der Waals surface area contributed by atoms with Crippen molar-refractivity contribution in [3.63, 3.8) is 0 Å². The number of carbonyl (C=O) groups is 8. The number of Topliss-reactive ketones (excluding diaryl/α,β-unsaturated/α-hetero) is 2. The van der Waals surface area contributed by atoms with Crippen LogP contribution in [0.5, 0.6) is 23.0 Å². The Morgan fingerprint density at radius 1 is 0.456 bits per heavy atom. The third-order valence-corrected chi connectivity index (χ3v) is 27.0. The van der Waals surface area contributed by atoms with E-state index in [-0.39, 0.29) is 172 Å². The number of ether oxygens (including phenoxy) is 6. The highest BCUT2D eigenvalue weighted by atomic mass is 35.5. The molecule has 1 saturated carbocycles. The Balaban J connectivity index is 0.000000157. The number of fused-ring (bicyclic) bond motifs is 4. The number of methoxy groups -OCH3 is 5. The summed E-state index contributed by atoms with van der Waals surface area (Å²) < 4.78 is 34.1. The molecule has 149 heavy (non-hydrogen) atoms. The topological polar surface area (TPSA) is 545 Å². The highest BCUT2D eigenvalue weighted by Crippen LogP contribution is 2.48. The summed E-state index contributed by atoms with van der Waals surface area (Å²) in [6, 6.07) is 7.46. The number of nitrogen functional groups attached to an aromatic ring is 4. The standard InChI is InChI=1S/C27H32ClN7O3.C26H30ClN7O4.C26H28ClN7O3.C25H27ClN6O4/c1-6-34(7-2)21(36)11-10-17-8-9-18(31-17)12-19-22-24(28)32-27(29)33-25(22)35(26(19)37)14-20-16(4)23(38-5)15(3)13-30-20;1-13(2)19(35)7-16-10-33(12-37-5)20(30-16)8-17-21-23(27)31-26(28)32-24(21)34(25(17)36)11-18-15(4)22(38-6)14(3)9-29-18;1-13-10-29-18(14(2)22(13)37-3)12-34-24-21(23(27)32-26(28)33-24)17(25(34)36)9-20-30-11-16(31-20)8-19(35)15-6-4-5-7-15;1-5-36-19(33)9-8-15-6-7-16(29-15)10-17-20-22(26)30-25(27)31-23(20)32(24(17)34)12-18-14(3)21(35-4)13(2)11-28-18/h8-9,12-13,31H,6-7,10-11,14H2,1-5H3,(H2,29,32,33);8-10,13H,7,11-12H2,1-6H3,(H2,28,31,32);9-11,15H,4-8,12H2,1-3H3,(H,30,31)(H2,28,32,33);6-7,10-11,29H,5,8-9,12H2,1-4H3,(H2,27,30,31)/b19-12-;17-8-;17-9-;17-10-. The molecule has 0 bridgehead atoms. The molecule has 1 fully saturated rings. The van der Waals surface area contributed by atoms with Gasteiger partial charge in [0.2, 0.25) is 29.7 Å². The molecule has 12 aromatic heterocycles. The number of nitrogens with two attached hydrogens (primary N) is 4. The summed E-state index contributed by atoms with van der Waals surface area (Å²) >= 11 is 25.9. The zero-order valence-corrected chi connectivity index (χ0v) is 89.0. The van der Waals surface area contributed by atoms with Gasteiger partial charge in [-0.1, -0.05) is 73.1 Å². The number of aryl methyl sites for hydroxylation is 6. The van der Waals surface area contributed by atoms with E-state index in [0.717, 1.165) is 87.3 Å². The van der Waals surface area contributed by atoms with Crippen molar-refractivity contribution in [2.45, 2.75) is 187 Å². The zero-order valence-electron chi connectivity index (χ0n) is 85.9. The summed E-state index contributed by atoms with van der Waals surface area (Å²) in [4.78, 5) is 182. The van der Waals surface area contributed by atoms with E-state index < -0.39 is 0 Å². The summed E-state index contributed by atoms with van der Waals surface area (Å²) in [5.74, 6) is 3.58. The minimum absolute atomic E-state index is 0.0287. The minimum Gasteiger partial charge on any atom is -0.496 e. The van der Waals surface area contributed by atoms with Gasteiger partial charge >= 0.3 is 5.97 Å². The van der Waals surface area contributed by atoms with Gasteiger partial charge in [-0.3, -0.25) is 77.9 Å². The van der Waals surface area contributed by atoms with Gasteiger partial charge in [0.15, 0.2) is 23.3 Å². The molecule has 5 aliphatic rings. The average molecular weight is 2110 g/mol. The maximum atomic E-state index is 13.8. The van der Waals surface area contributed by atoms with E-state index >= 15 is 0 Å². The summed E-state index contributed by atoms with van der Waals surface area (Å²) in [7, 11) is 7.94. The number of anilines is 8. The normalized spacial score (nSPS) is 14.6. The maximum Gasteiger partial charge on any atom is 0.306 e. The number of hydrogen-bond donors (Lipinski definition) is 7. The molecule has 4 aliphatic heterocycles. The third-order valence-electron chi connectivity index (χ3n) is 26.0. The van der Waals surface area contributed by atoms with Gasteiger partial charge in [-0.2, -0.15) is 19.9 Å². The molecule has 0 unspecified atom stereocenters. The van der Waals surface area contributed by atoms with E-state index in [1.807, 2.05) is 112 Å². The predicted molar refractivity (Wildman–Crippen MR) is 568 cm³/mol.